The number of ether oxygens (including phenoxy) is 1. The van der Waals surface area contributed by atoms with Gasteiger partial charge < -0.3 is 9.84 Å². The highest BCUT2D eigenvalue weighted by molar-refractivity contribution is 7.12. The van der Waals surface area contributed by atoms with Crippen molar-refractivity contribution in [3.05, 3.63) is 51.2 Å². The average Bonchev–Trinajstić information content (AvgIpc) is 2.75. The molecule has 17 heavy (non-hydrogen) atoms. The molecule has 2 rings (SSSR count). The van der Waals surface area contributed by atoms with E-state index < -0.39 is 5.97 Å². The Morgan fingerprint density at radius 3 is 2.88 bits per heavy atom. The lowest BCUT2D eigenvalue weighted by Crippen LogP contribution is -1.94. The standard InChI is InChI=1S/C12H9ClO3S/c13-9-2-1-3-10(5-9)16-6-8-4-11(12(14)15)17-7-8/h1-5,7H,6H2,(H,14,15). The van der Waals surface area contributed by atoms with E-state index in [9.17, 15) is 4.79 Å². The molecule has 1 N–H and O–H groups in total. The van der Waals surface area contributed by atoms with Crippen LogP contribution in [0.3, 0.4) is 0 Å². The van der Waals surface area contributed by atoms with Crippen molar-refractivity contribution in [3.8, 4) is 5.75 Å². The van der Waals surface area contributed by atoms with E-state index in [2.05, 4.69) is 0 Å². The van der Waals surface area contributed by atoms with E-state index in [1.807, 2.05) is 0 Å². The van der Waals surface area contributed by atoms with Crippen molar-refractivity contribution in [2.75, 3.05) is 0 Å². The first-order valence-corrected chi connectivity index (χ1v) is 6.10. The molecule has 0 fully saturated rings. The molecule has 2 aromatic rings. The molecule has 1 aromatic heterocycles. The van der Waals surface area contributed by atoms with Crippen LogP contribution in [0.15, 0.2) is 35.7 Å². The number of benzene rings is 1. The van der Waals surface area contributed by atoms with Gasteiger partial charge in [-0.2, -0.15) is 0 Å². The monoisotopic (exact) mass is 268 g/mol. The zero-order valence-electron chi connectivity index (χ0n) is 8.72. The Morgan fingerprint density at radius 2 is 2.24 bits per heavy atom. The van der Waals surface area contributed by atoms with Crippen LogP contribution in [0.5, 0.6) is 5.75 Å². The molecule has 0 atom stereocenters. The third-order valence-corrected chi connectivity index (χ3v) is 3.27. The predicted octanol–water partition coefficient (Wildman–Crippen LogP) is 3.68. The van der Waals surface area contributed by atoms with E-state index >= 15 is 0 Å². The Morgan fingerprint density at radius 1 is 1.41 bits per heavy atom. The van der Waals surface area contributed by atoms with Gasteiger partial charge in [-0.25, -0.2) is 4.79 Å². The normalized spacial score (nSPS) is 10.2. The topological polar surface area (TPSA) is 46.5 Å². The lowest BCUT2D eigenvalue weighted by Gasteiger charge is -2.04. The van der Waals surface area contributed by atoms with Gasteiger partial charge in [0, 0.05) is 10.6 Å². The van der Waals surface area contributed by atoms with Crippen molar-refractivity contribution < 1.29 is 14.6 Å². The second-order valence-corrected chi connectivity index (χ2v) is 4.72. The molecule has 0 aliphatic heterocycles. The van der Waals surface area contributed by atoms with Crippen molar-refractivity contribution in [2.45, 2.75) is 6.61 Å². The lowest BCUT2D eigenvalue weighted by atomic mass is 10.3. The first kappa shape index (κ1) is 12.0. The van der Waals surface area contributed by atoms with Crippen molar-refractivity contribution in [1.29, 1.82) is 0 Å². The van der Waals surface area contributed by atoms with E-state index in [0.29, 0.717) is 22.3 Å². The van der Waals surface area contributed by atoms with Crippen molar-refractivity contribution in [3.63, 3.8) is 0 Å². The second-order valence-electron chi connectivity index (χ2n) is 3.37. The van der Waals surface area contributed by atoms with Gasteiger partial charge in [0.15, 0.2) is 0 Å². The van der Waals surface area contributed by atoms with Gasteiger partial charge in [-0.05, 0) is 29.6 Å². The first-order chi connectivity index (χ1) is 8.15. The number of aromatic carboxylic acids is 1. The minimum atomic E-state index is -0.913. The third kappa shape index (κ3) is 3.22. The number of hydrogen-bond acceptors (Lipinski definition) is 3. The lowest BCUT2D eigenvalue weighted by molar-refractivity contribution is 0.0702. The highest BCUT2D eigenvalue weighted by atomic mass is 35.5. The van der Waals surface area contributed by atoms with E-state index in [1.54, 1.807) is 35.7 Å². The first-order valence-electron chi connectivity index (χ1n) is 4.84. The molecule has 1 aromatic carbocycles. The fraction of sp³-hybridized carbons (Fsp3) is 0.0833. The molecular weight excluding hydrogens is 260 g/mol. The Hall–Kier alpha value is -1.52. The van der Waals surface area contributed by atoms with Gasteiger partial charge in [-0.1, -0.05) is 17.7 Å². The van der Waals surface area contributed by atoms with Crippen LogP contribution >= 0.6 is 22.9 Å². The van der Waals surface area contributed by atoms with Crippen LogP contribution in [-0.2, 0) is 6.61 Å². The quantitative estimate of drug-likeness (QED) is 0.920. The van der Waals surface area contributed by atoms with Crippen LogP contribution in [0.4, 0.5) is 0 Å². The summed E-state index contributed by atoms with van der Waals surface area (Å²) in [6.45, 7) is 0.337. The highest BCUT2D eigenvalue weighted by Crippen LogP contribution is 2.20. The van der Waals surface area contributed by atoms with Gasteiger partial charge >= 0.3 is 5.97 Å². The number of thiophene rings is 1. The number of rotatable bonds is 4. The van der Waals surface area contributed by atoms with Gasteiger partial charge in [-0.15, -0.1) is 11.3 Å². The van der Waals surface area contributed by atoms with Gasteiger partial charge in [0.25, 0.3) is 0 Å². The fourth-order valence-corrected chi connectivity index (χ4v) is 2.20. The van der Waals surface area contributed by atoms with Gasteiger partial charge in [0.05, 0.1) is 0 Å². The van der Waals surface area contributed by atoms with Crippen LogP contribution in [0.1, 0.15) is 15.2 Å². The maximum Gasteiger partial charge on any atom is 0.345 e. The smallest absolute Gasteiger partial charge is 0.345 e. The minimum absolute atomic E-state index is 0.315. The van der Waals surface area contributed by atoms with E-state index in [1.165, 1.54) is 11.3 Å². The molecule has 1 heterocycles. The van der Waals surface area contributed by atoms with Crippen LogP contribution in [0, 0.1) is 0 Å². The largest absolute Gasteiger partial charge is 0.489 e. The summed E-state index contributed by atoms with van der Waals surface area (Å²) < 4.78 is 5.50. The van der Waals surface area contributed by atoms with Crippen molar-refractivity contribution >= 4 is 28.9 Å². The van der Waals surface area contributed by atoms with Gasteiger partial charge in [0.2, 0.25) is 0 Å². The molecule has 0 amide bonds. The summed E-state index contributed by atoms with van der Waals surface area (Å²) in [5, 5.41) is 11.2. The number of carbonyl (C=O) groups is 1. The second kappa shape index (κ2) is 5.21. The SMILES string of the molecule is O=C(O)c1cc(COc2cccc(Cl)c2)cs1. The maximum absolute atomic E-state index is 10.7. The summed E-state index contributed by atoms with van der Waals surface area (Å²) in [7, 11) is 0. The molecule has 0 saturated carbocycles. The Labute approximate surface area is 107 Å². The van der Waals surface area contributed by atoms with Gasteiger partial charge in [-0.3, -0.25) is 0 Å². The number of halogens is 1. The van der Waals surface area contributed by atoms with E-state index in [4.69, 9.17) is 21.4 Å². The predicted molar refractivity (Wildman–Crippen MR) is 67.1 cm³/mol. The number of hydrogen-bond donors (Lipinski definition) is 1. The van der Waals surface area contributed by atoms with Crippen LogP contribution in [0.2, 0.25) is 5.02 Å². The molecule has 88 valence electrons. The zero-order valence-corrected chi connectivity index (χ0v) is 10.3. The molecule has 0 bridgehead atoms. The van der Waals surface area contributed by atoms with E-state index in [0.717, 1.165) is 5.56 Å². The summed E-state index contributed by atoms with van der Waals surface area (Å²) in [6.07, 6.45) is 0. The Kier molecular flexibility index (Phi) is 3.66. The van der Waals surface area contributed by atoms with Crippen LogP contribution in [-0.4, -0.2) is 11.1 Å². The van der Waals surface area contributed by atoms with Crippen molar-refractivity contribution in [2.24, 2.45) is 0 Å². The number of carboxylic acids is 1. The zero-order chi connectivity index (χ0) is 12.3. The molecule has 5 heteroatoms. The summed E-state index contributed by atoms with van der Waals surface area (Å²) in [6, 6.07) is 8.69. The summed E-state index contributed by atoms with van der Waals surface area (Å²) >= 11 is 7.01. The highest BCUT2D eigenvalue weighted by Gasteiger charge is 2.07. The van der Waals surface area contributed by atoms with Crippen LogP contribution in [0.25, 0.3) is 0 Å². The molecule has 0 radical (unpaired) electrons. The molecule has 0 aliphatic rings. The third-order valence-electron chi connectivity index (χ3n) is 2.07. The van der Waals surface area contributed by atoms with E-state index in [-0.39, 0.29) is 0 Å². The maximum atomic E-state index is 10.7. The Bertz CT molecular complexity index is 536. The molecule has 0 aliphatic carbocycles. The fourth-order valence-electron chi connectivity index (χ4n) is 1.29. The minimum Gasteiger partial charge on any atom is -0.489 e. The Balaban J connectivity index is 2.00. The van der Waals surface area contributed by atoms with Gasteiger partial charge in [0.1, 0.15) is 17.2 Å². The molecule has 0 spiro atoms. The molecular formula is C12H9ClO3S. The summed E-state index contributed by atoms with van der Waals surface area (Å²) in [5.41, 5.74) is 0.840. The summed E-state index contributed by atoms with van der Waals surface area (Å²) in [5.74, 6) is -0.246. The molecule has 0 saturated heterocycles. The summed E-state index contributed by atoms with van der Waals surface area (Å²) in [4.78, 5) is 11.0. The molecule has 3 nitrogen and oxygen atoms in total. The van der Waals surface area contributed by atoms with Crippen LogP contribution < -0.4 is 4.74 Å². The number of carboxylic acid groups (broad SMARTS) is 1. The average molecular weight is 269 g/mol. The molecule has 0 unspecified atom stereocenters. The van der Waals surface area contributed by atoms with Crippen molar-refractivity contribution in [1.82, 2.24) is 0 Å².